The van der Waals surface area contributed by atoms with E-state index in [2.05, 4.69) is 119 Å². The molecule has 4 heteroatoms. The number of aromatic nitrogens is 2. The van der Waals surface area contributed by atoms with Crippen LogP contribution in [0.1, 0.15) is 16.7 Å². The third-order valence-corrected chi connectivity index (χ3v) is 8.69. The van der Waals surface area contributed by atoms with Crippen molar-refractivity contribution in [3.05, 3.63) is 149 Å². The number of aryl methyl sites for hydroxylation is 2. The fraction of sp³-hybridized carbons (Fsp3) is 0.0500. The summed E-state index contributed by atoms with van der Waals surface area (Å²) in [5, 5.41) is 15.1. The Labute approximate surface area is 255 Å². The third-order valence-electron chi connectivity index (χ3n) is 8.69. The Kier molecular flexibility index (Phi) is 5.66. The largest absolute Gasteiger partial charge is 0.311 e. The molecule has 0 aliphatic heterocycles. The summed E-state index contributed by atoms with van der Waals surface area (Å²) in [4.78, 5) is 3.95. The van der Waals surface area contributed by atoms with Crippen molar-refractivity contribution >= 4 is 49.3 Å². The molecule has 0 bridgehead atoms. The van der Waals surface area contributed by atoms with E-state index in [1.165, 1.54) is 32.7 Å². The van der Waals surface area contributed by atoms with Gasteiger partial charge in [0, 0.05) is 32.9 Å². The smallest absolute Gasteiger partial charge is 0.197 e. The lowest BCUT2D eigenvalue weighted by atomic mass is 9.97. The highest BCUT2D eigenvalue weighted by Crippen LogP contribution is 2.39. The number of benzene rings is 6. The lowest BCUT2D eigenvalue weighted by molar-refractivity contribution is 1.17. The van der Waals surface area contributed by atoms with E-state index in [0.717, 1.165) is 44.6 Å². The molecule has 0 N–H and O–H groups in total. The topological polar surface area (TPSA) is 38.0 Å². The van der Waals surface area contributed by atoms with Crippen molar-refractivity contribution in [3.63, 3.8) is 0 Å². The summed E-state index contributed by atoms with van der Waals surface area (Å²) in [6.45, 7) is 12.3. The predicted octanol–water partition coefficient (Wildman–Crippen LogP) is 10.6. The lowest BCUT2D eigenvalue weighted by Crippen LogP contribution is -1.97. The Morgan fingerprint density at radius 3 is 1.59 bits per heavy atom. The number of nitrogens with zero attached hydrogens (tertiary/aromatic N) is 4. The first-order valence-electron chi connectivity index (χ1n) is 14.6. The number of para-hydroxylation sites is 2. The Hall–Kier alpha value is -6.10. The van der Waals surface area contributed by atoms with Gasteiger partial charge in [-0.05, 0) is 85.6 Å². The van der Waals surface area contributed by atoms with Gasteiger partial charge in [0.15, 0.2) is 5.69 Å². The van der Waals surface area contributed by atoms with E-state index in [1.807, 2.05) is 36.4 Å². The maximum Gasteiger partial charge on any atom is 0.197 e. The summed E-state index contributed by atoms with van der Waals surface area (Å²) in [5.74, 6) is 0. The summed E-state index contributed by atoms with van der Waals surface area (Å²) >= 11 is 0. The van der Waals surface area contributed by atoms with E-state index in [-0.39, 0.29) is 0 Å². The fourth-order valence-corrected chi connectivity index (χ4v) is 6.71. The van der Waals surface area contributed by atoms with Crippen LogP contribution in [0.5, 0.6) is 0 Å². The first-order valence-corrected chi connectivity index (χ1v) is 14.6. The second-order valence-corrected chi connectivity index (χ2v) is 11.4. The number of hydrogen-bond donors (Lipinski definition) is 0. The van der Waals surface area contributed by atoms with Crippen molar-refractivity contribution in [1.82, 2.24) is 9.13 Å². The number of rotatable bonds is 3. The minimum absolute atomic E-state index is 0.511. The molecule has 0 radical (unpaired) electrons. The van der Waals surface area contributed by atoms with Crippen LogP contribution in [-0.2, 0) is 0 Å². The molecule has 44 heavy (non-hydrogen) atoms. The molecular formula is C40H26N4. The summed E-state index contributed by atoms with van der Waals surface area (Å²) in [5.41, 5.74) is 11.2. The van der Waals surface area contributed by atoms with Crippen LogP contribution in [0, 0.1) is 31.8 Å². The lowest BCUT2D eigenvalue weighted by Gasteiger charge is -2.14. The molecule has 0 aliphatic carbocycles. The number of nitriles is 1. The normalized spacial score (nSPS) is 11.4. The molecule has 0 saturated heterocycles. The zero-order chi connectivity index (χ0) is 29.9. The van der Waals surface area contributed by atoms with Crippen molar-refractivity contribution in [3.8, 4) is 28.6 Å². The first-order chi connectivity index (χ1) is 21.6. The molecule has 0 saturated carbocycles. The molecular weight excluding hydrogens is 536 g/mol. The minimum atomic E-state index is 0.511. The molecule has 0 aliphatic rings. The molecule has 8 aromatic rings. The van der Waals surface area contributed by atoms with Crippen LogP contribution in [0.4, 0.5) is 5.69 Å². The van der Waals surface area contributed by atoms with Gasteiger partial charge in [-0.15, -0.1) is 0 Å². The molecule has 0 spiro atoms. The highest BCUT2D eigenvalue weighted by Gasteiger charge is 2.18. The summed E-state index contributed by atoms with van der Waals surface area (Å²) in [7, 11) is 0. The van der Waals surface area contributed by atoms with Crippen LogP contribution in [0.25, 0.3) is 71.0 Å². The van der Waals surface area contributed by atoms with E-state index in [9.17, 15) is 5.26 Å². The quantitative estimate of drug-likeness (QED) is 0.197. The molecule has 0 atom stereocenters. The zero-order valence-electron chi connectivity index (χ0n) is 24.3. The second kappa shape index (κ2) is 9.73. The standard InChI is InChI=1S/C40H26N4/c1-25-12-18-39-34(20-25)32-8-4-6-10-37(32)43(39)28-14-16-30(27(22-28)24-41)31-17-15-29(23-36(31)42-3)44-38-11-7-5-9-33(38)35-21-26(2)13-19-40(35)44/h4-23H,1-2H3. The van der Waals surface area contributed by atoms with Gasteiger partial charge in [-0.25, -0.2) is 4.85 Å². The molecule has 6 aromatic carbocycles. The zero-order valence-corrected chi connectivity index (χ0v) is 24.3. The average molecular weight is 563 g/mol. The first kappa shape index (κ1) is 25.6. The van der Waals surface area contributed by atoms with Gasteiger partial charge in [0.05, 0.1) is 40.3 Å². The predicted molar refractivity (Wildman–Crippen MR) is 181 cm³/mol. The molecule has 4 nitrogen and oxygen atoms in total. The summed E-state index contributed by atoms with van der Waals surface area (Å²) in [6, 6.07) is 44.1. The molecule has 2 heterocycles. The van der Waals surface area contributed by atoms with Crippen LogP contribution >= 0.6 is 0 Å². The second-order valence-electron chi connectivity index (χ2n) is 11.4. The monoisotopic (exact) mass is 562 g/mol. The third kappa shape index (κ3) is 3.76. The Morgan fingerprint density at radius 2 is 1.05 bits per heavy atom. The van der Waals surface area contributed by atoms with Crippen molar-refractivity contribution < 1.29 is 0 Å². The Balaban J connectivity index is 1.29. The van der Waals surface area contributed by atoms with Crippen LogP contribution in [-0.4, -0.2) is 9.13 Å². The van der Waals surface area contributed by atoms with Crippen LogP contribution < -0.4 is 0 Å². The highest BCUT2D eigenvalue weighted by molar-refractivity contribution is 6.10. The van der Waals surface area contributed by atoms with E-state index in [0.29, 0.717) is 11.3 Å². The molecule has 0 fully saturated rings. The van der Waals surface area contributed by atoms with E-state index in [1.54, 1.807) is 0 Å². The van der Waals surface area contributed by atoms with E-state index in [4.69, 9.17) is 6.57 Å². The average Bonchev–Trinajstić information content (AvgIpc) is 3.56. The van der Waals surface area contributed by atoms with Crippen molar-refractivity contribution in [1.29, 1.82) is 5.26 Å². The van der Waals surface area contributed by atoms with Crippen LogP contribution in [0.3, 0.4) is 0 Å². The fourth-order valence-electron chi connectivity index (χ4n) is 6.71. The van der Waals surface area contributed by atoms with Gasteiger partial charge in [-0.1, -0.05) is 71.8 Å². The maximum absolute atomic E-state index is 10.4. The highest BCUT2D eigenvalue weighted by atomic mass is 15.0. The van der Waals surface area contributed by atoms with Gasteiger partial charge in [0.1, 0.15) is 0 Å². The number of hydrogen-bond acceptors (Lipinski definition) is 1. The Bertz CT molecular complexity index is 2370. The molecule has 206 valence electrons. The van der Waals surface area contributed by atoms with Crippen LogP contribution in [0.15, 0.2) is 121 Å². The molecule has 8 rings (SSSR count). The maximum atomic E-state index is 10.4. The van der Waals surface area contributed by atoms with E-state index < -0.39 is 0 Å². The Morgan fingerprint density at radius 1 is 0.545 bits per heavy atom. The van der Waals surface area contributed by atoms with Gasteiger partial charge in [0.2, 0.25) is 0 Å². The van der Waals surface area contributed by atoms with Crippen molar-refractivity contribution in [2.24, 2.45) is 0 Å². The molecule has 0 unspecified atom stereocenters. The van der Waals surface area contributed by atoms with Gasteiger partial charge in [-0.2, -0.15) is 5.26 Å². The van der Waals surface area contributed by atoms with Gasteiger partial charge in [0.25, 0.3) is 0 Å². The molecule has 2 aromatic heterocycles. The van der Waals surface area contributed by atoms with E-state index >= 15 is 0 Å². The summed E-state index contributed by atoms with van der Waals surface area (Å²) in [6.07, 6.45) is 0. The van der Waals surface area contributed by atoms with Gasteiger partial charge < -0.3 is 9.13 Å². The summed E-state index contributed by atoms with van der Waals surface area (Å²) < 4.78 is 4.44. The van der Waals surface area contributed by atoms with Crippen LogP contribution in [0.2, 0.25) is 0 Å². The van der Waals surface area contributed by atoms with Crippen molar-refractivity contribution in [2.45, 2.75) is 13.8 Å². The van der Waals surface area contributed by atoms with Gasteiger partial charge >= 0.3 is 0 Å². The molecule has 0 amide bonds. The minimum Gasteiger partial charge on any atom is -0.311 e. The number of fused-ring (bicyclic) bond motifs is 6. The van der Waals surface area contributed by atoms with Gasteiger partial charge in [-0.3, -0.25) is 0 Å². The van der Waals surface area contributed by atoms with Crippen molar-refractivity contribution in [2.75, 3.05) is 0 Å². The SMILES string of the molecule is [C-]#[N+]c1cc(-n2c3ccccc3c3cc(C)ccc32)ccc1-c1ccc(-n2c3ccccc3c3cc(C)ccc32)cc1C#N.